The van der Waals surface area contributed by atoms with Gasteiger partial charge in [0.2, 0.25) is 5.91 Å². The molecule has 5 atom stereocenters. The van der Waals surface area contributed by atoms with Gasteiger partial charge in [-0.3, -0.25) is 4.79 Å². The first-order chi connectivity index (χ1) is 12.6. The summed E-state index contributed by atoms with van der Waals surface area (Å²) in [4.78, 5) is 12.2. The first-order valence-electron chi connectivity index (χ1n) is 9.71. The van der Waals surface area contributed by atoms with Gasteiger partial charge in [-0.2, -0.15) is 0 Å². The average Bonchev–Trinajstić information content (AvgIpc) is 2.62. The Balaban J connectivity index is 1.86. The van der Waals surface area contributed by atoms with E-state index in [1.54, 1.807) is 0 Å². The van der Waals surface area contributed by atoms with Gasteiger partial charge in [-0.25, -0.2) is 12.8 Å². The summed E-state index contributed by atoms with van der Waals surface area (Å²) >= 11 is 0. The molecule has 0 radical (unpaired) electrons. The highest BCUT2D eigenvalue weighted by Gasteiger charge is 2.36. The topological polar surface area (TPSA) is 124 Å². The molecular weight excluding hydrogens is 377 g/mol. The van der Waals surface area contributed by atoms with Gasteiger partial charge in [0, 0.05) is 12.7 Å². The molecule has 0 bridgehead atoms. The van der Waals surface area contributed by atoms with E-state index in [1.165, 1.54) is 6.26 Å². The van der Waals surface area contributed by atoms with Crippen molar-refractivity contribution >= 4 is 15.7 Å². The largest absolute Gasteiger partial charge is 0.391 e. The molecule has 2 rings (SSSR count). The fourth-order valence-corrected chi connectivity index (χ4v) is 5.50. The van der Waals surface area contributed by atoms with E-state index in [0.29, 0.717) is 38.5 Å². The highest BCUT2D eigenvalue weighted by Crippen LogP contribution is 2.32. The van der Waals surface area contributed by atoms with E-state index >= 15 is 0 Å². The molecule has 2 fully saturated rings. The summed E-state index contributed by atoms with van der Waals surface area (Å²) in [5.41, 5.74) is 0. The van der Waals surface area contributed by atoms with Gasteiger partial charge in [0.1, 0.15) is 16.5 Å². The Labute approximate surface area is 160 Å². The molecule has 2 saturated carbocycles. The van der Waals surface area contributed by atoms with Crippen molar-refractivity contribution in [3.63, 3.8) is 0 Å². The van der Waals surface area contributed by atoms with Crippen LogP contribution in [0.4, 0.5) is 4.39 Å². The number of aliphatic hydroxyl groups excluding tert-OH is 3. The van der Waals surface area contributed by atoms with E-state index < -0.39 is 52.0 Å². The first kappa shape index (κ1) is 22.5. The number of amides is 1. The lowest BCUT2D eigenvalue weighted by Gasteiger charge is -2.35. The first-order valence-corrected chi connectivity index (χ1v) is 11.7. The van der Waals surface area contributed by atoms with Gasteiger partial charge in [0.25, 0.3) is 0 Å². The number of nitrogens with one attached hydrogen (secondary N) is 1. The van der Waals surface area contributed by atoms with Crippen LogP contribution in [0, 0.1) is 11.8 Å². The number of sulfone groups is 1. The molecule has 4 unspecified atom stereocenters. The van der Waals surface area contributed by atoms with Crippen molar-refractivity contribution in [2.24, 2.45) is 11.8 Å². The maximum absolute atomic E-state index is 13.4. The van der Waals surface area contributed by atoms with Crippen molar-refractivity contribution < 1.29 is 32.9 Å². The van der Waals surface area contributed by atoms with Crippen molar-refractivity contribution in [3.8, 4) is 0 Å². The summed E-state index contributed by atoms with van der Waals surface area (Å²) in [6, 6.07) is -1.05. The molecule has 9 heteroatoms. The fraction of sp³-hybridized carbons (Fsp3) is 0.944. The van der Waals surface area contributed by atoms with Crippen LogP contribution in [0.25, 0.3) is 0 Å². The number of halogens is 1. The smallest absolute Gasteiger partial charge is 0.220 e. The van der Waals surface area contributed by atoms with Crippen molar-refractivity contribution in [1.29, 1.82) is 0 Å². The van der Waals surface area contributed by atoms with Crippen LogP contribution in [0.3, 0.4) is 0 Å². The predicted molar refractivity (Wildman–Crippen MR) is 98.5 cm³/mol. The van der Waals surface area contributed by atoms with Crippen LogP contribution in [0.1, 0.15) is 51.4 Å². The highest BCUT2D eigenvalue weighted by atomic mass is 32.2. The van der Waals surface area contributed by atoms with Crippen LogP contribution in [0.5, 0.6) is 0 Å². The van der Waals surface area contributed by atoms with Gasteiger partial charge in [0.05, 0.1) is 29.6 Å². The minimum absolute atomic E-state index is 0.0255. The average molecular weight is 410 g/mol. The Bertz CT molecular complexity index is 593. The third-order valence-electron chi connectivity index (χ3n) is 6.13. The molecule has 1 amide bonds. The zero-order valence-electron chi connectivity index (χ0n) is 15.8. The van der Waals surface area contributed by atoms with Gasteiger partial charge >= 0.3 is 0 Å². The number of aliphatic hydroxyl groups is 3. The third-order valence-corrected chi connectivity index (χ3v) is 7.81. The lowest BCUT2D eigenvalue weighted by Crippen LogP contribution is -2.50. The number of carbonyl (C=O) groups excluding carboxylic acids is 1. The molecule has 0 spiro atoms. The Morgan fingerprint density at radius 3 is 2.33 bits per heavy atom. The summed E-state index contributed by atoms with van der Waals surface area (Å²) in [6.45, 7) is -0.922. The molecule has 27 heavy (non-hydrogen) atoms. The van der Waals surface area contributed by atoms with Gasteiger partial charge in [-0.1, -0.05) is 6.42 Å². The molecule has 0 aromatic carbocycles. The van der Waals surface area contributed by atoms with Crippen molar-refractivity contribution in [3.05, 3.63) is 0 Å². The molecule has 0 saturated heterocycles. The molecule has 0 heterocycles. The summed E-state index contributed by atoms with van der Waals surface area (Å²) < 4.78 is 36.7. The fourth-order valence-electron chi connectivity index (χ4n) is 4.37. The quantitative estimate of drug-likeness (QED) is 0.480. The van der Waals surface area contributed by atoms with Gasteiger partial charge in [0.15, 0.2) is 0 Å². The lowest BCUT2D eigenvalue weighted by atomic mass is 9.81. The maximum atomic E-state index is 13.4. The van der Waals surface area contributed by atoms with Crippen LogP contribution in [0.2, 0.25) is 0 Å². The minimum atomic E-state index is -3.12. The number of hydrogen-bond acceptors (Lipinski definition) is 6. The van der Waals surface area contributed by atoms with Gasteiger partial charge in [-0.05, 0) is 50.4 Å². The highest BCUT2D eigenvalue weighted by molar-refractivity contribution is 7.91. The van der Waals surface area contributed by atoms with Crippen LogP contribution >= 0.6 is 0 Å². The molecule has 0 aliphatic heterocycles. The summed E-state index contributed by atoms with van der Waals surface area (Å²) in [6.07, 6.45) is 1.92. The van der Waals surface area contributed by atoms with Crippen LogP contribution in [-0.4, -0.2) is 72.2 Å². The lowest BCUT2D eigenvalue weighted by molar-refractivity contribution is -0.127. The van der Waals surface area contributed by atoms with Gasteiger partial charge in [-0.15, -0.1) is 0 Å². The van der Waals surface area contributed by atoms with E-state index in [-0.39, 0.29) is 18.3 Å². The predicted octanol–water partition coefficient (Wildman–Crippen LogP) is 0.317. The third kappa shape index (κ3) is 6.10. The number of carbonyl (C=O) groups is 1. The molecule has 2 aliphatic carbocycles. The van der Waals surface area contributed by atoms with E-state index in [9.17, 15) is 32.9 Å². The Morgan fingerprint density at radius 2 is 1.78 bits per heavy atom. The minimum Gasteiger partial charge on any atom is -0.391 e. The Kier molecular flexibility index (Phi) is 8.03. The zero-order valence-corrected chi connectivity index (χ0v) is 16.6. The molecule has 2 aliphatic rings. The van der Waals surface area contributed by atoms with E-state index in [4.69, 9.17) is 0 Å². The number of hydrogen-bond donors (Lipinski definition) is 4. The zero-order chi connectivity index (χ0) is 20.2. The SMILES string of the molecule is CS(=O)(=O)C1CCC([C@H](O)C(CF)NC(=O)CC2CCCC(O)C2O)CC1. The second kappa shape index (κ2) is 9.62. The van der Waals surface area contributed by atoms with Crippen LogP contribution in [0.15, 0.2) is 0 Å². The normalized spacial score (nSPS) is 34.6. The van der Waals surface area contributed by atoms with Crippen molar-refractivity contribution in [2.45, 2.75) is 81.0 Å². The van der Waals surface area contributed by atoms with Gasteiger partial charge < -0.3 is 20.6 Å². The van der Waals surface area contributed by atoms with Crippen molar-refractivity contribution in [2.75, 3.05) is 12.9 Å². The van der Waals surface area contributed by atoms with E-state index in [0.717, 1.165) is 6.42 Å². The maximum Gasteiger partial charge on any atom is 0.220 e. The Morgan fingerprint density at radius 1 is 1.15 bits per heavy atom. The summed E-state index contributed by atoms with van der Waals surface area (Å²) in [7, 11) is -3.12. The molecule has 4 N–H and O–H groups in total. The van der Waals surface area contributed by atoms with E-state index in [1.807, 2.05) is 0 Å². The standard InChI is InChI=1S/C18H32FNO6S/c1-27(25,26)13-7-5-11(6-8-13)17(23)14(10-19)20-16(22)9-12-3-2-4-15(21)18(12)24/h11-15,17-18,21,23-24H,2-10H2,1H3,(H,20,22)/t11?,12?,13?,14?,15?,17-,18?/m0/s1. The second-order valence-corrected chi connectivity index (χ2v) is 10.5. The van der Waals surface area contributed by atoms with Crippen LogP contribution < -0.4 is 5.32 Å². The molecule has 0 aromatic rings. The summed E-state index contributed by atoms with van der Waals surface area (Å²) in [5, 5.41) is 32.3. The Hall–Kier alpha value is -0.770. The molecule has 7 nitrogen and oxygen atoms in total. The number of rotatable bonds is 7. The molecular formula is C18H32FNO6S. The molecule has 0 aromatic heterocycles. The number of alkyl halides is 1. The second-order valence-electron chi connectivity index (χ2n) is 8.14. The van der Waals surface area contributed by atoms with Crippen molar-refractivity contribution in [1.82, 2.24) is 5.32 Å². The molecule has 158 valence electrons. The monoisotopic (exact) mass is 409 g/mol. The van der Waals surface area contributed by atoms with E-state index in [2.05, 4.69) is 5.32 Å². The van der Waals surface area contributed by atoms with Crippen LogP contribution in [-0.2, 0) is 14.6 Å². The summed E-state index contributed by atoms with van der Waals surface area (Å²) in [5.74, 6) is -1.10.